The van der Waals surface area contributed by atoms with Gasteiger partial charge in [0, 0.05) is 18.4 Å². The Morgan fingerprint density at radius 1 is 0.867 bits per heavy atom. The summed E-state index contributed by atoms with van der Waals surface area (Å²) in [5, 5.41) is 32.0. The Morgan fingerprint density at radius 2 is 1.47 bits per heavy atom. The standard InChI is InChI=1S/C21H26O9/c1-19(2)27-14-15(28-19)17(26-18-16(14)29-20(3,4)30-18)21(25)7-9-10(22)5-6-11(23)13(9)12(24)8-21/h5-6,14-18,22-23,25H,7-8H2,1-4H3/t14-,15+,16+,17?,18+,21?/m0/s1. The van der Waals surface area contributed by atoms with E-state index in [-0.39, 0.29) is 35.5 Å². The van der Waals surface area contributed by atoms with Gasteiger partial charge in [0.05, 0.1) is 5.56 Å². The van der Waals surface area contributed by atoms with E-state index < -0.39 is 53.7 Å². The highest BCUT2D eigenvalue weighted by molar-refractivity contribution is 6.02. The summed E-state index contributed by atoms with van der Waals surface area (Å²) in [4.78, 5) is 12.9. The molecule has 0 radical (unpaired) electrons. The van der Waals surface area contributed by atoms with Gasteiger partial charge in [-0.3, -0.25) is 4.79 Å². The zero-order chi connectivity index (χ0) is 21.6. The lowest BCUT2D eigenvalue weighted by molar-refractivity contribution is -0.273. The molecule has 9 nitrogen and oxygen atoms in total. The first kappa shape index (κ1) is 20.2. The molecule has 0 bridgehead atoms. The molecular formula is C21H26O9. The maximum atomic E-state index is 12.9. The Bertz CT molecular complexity index is 910. The van der Waals surface area contributed by atoms with Crippen LogP contribution in [0.2, 0.25) is 0 Å². The third-order valence-electron chi connectivity index (χ3n) is 6.18. The summed E-state index contributed by atoms with van der Waals surface area (Å²) in [6, 6.07) is 2.55. The fourth-order valence-electron chi connectivity index (χ4n) is 5.10. The molecule has 5 rings (SSSR count). The smallest absolute Gasteiger partial charge is 0.190 e. The molecule has 3 N–H and O–H groups in total. The van der Waals surface area contributed by atoms with E-state index in [9.17, 15) is 20.1 Å². The van der Waals surface area contributed by atoms with Crippen molar-refractivity contribution in [3.63, 3.8) is 0 Å². The van der Waals surface area contributed by atoms with Gasteiger partial charge in [-0.2, -0.15) is 0 Å². The van der Waals surface area contributed by atoms with Crippen molar-refractivity contribution in [2.24, 2.45) is 0 Å². The quantitative estimate of drug-likeness (QED) is 0.575. The zero-order valence-corrected chi connectivity index (χ0v) is 17.2. The molecule has 1 aromatic rings. The van der Waals surface area contributed by atoms with E-state index in [1.54, 1.807) is 27.7 Å². The number of ketones is 1. The van der Waals surface area contributed by atoms with Gasteiger partial charge in [-0.1, -0.05) is 0 Å². The van der Waals surface area contributed by atoms with Crippen molar-refractivity contribution in [1.29, 1.82) is 0 Å². The zero-order valence-electron chi connectivity index (χ0n) is 17.2. The fourth-order valence-corrected chi connectivity index (χ4v) is 5.10. The van der Waals surface area contributed by atoms with Crippen LogP contribution in [0.15, 0.2) is 12.1 Å². The first-order valence-corrected chi connectivity index (χ1v) is 10.1. The predicted molar refractivity (Wildman–Crippen MR) is 99.9 cm³/mol. The number of ether oxygens (including phenoxy) is 5. The maximum Gasteiger partial charge on any atom is 0.190 e. The van der Waals surface area contributed by atoms with E-state index in [1.165, 1.54) is 12.1 Å². The van der Waals surface area contributed by atoms with Crippen LogP contribution < -0.4 is 0 Å². The van der Waals surface area contributed by atoms with Crippen LogP contribution >= 0.6 is 0 Å². The number of phenolic OH excluding ortho intramolecular Hbond substituents is 2. The molecule has 3 saturated heterocycles. The highest BCUT2D eigenvalue weighted by Gasteiger charge is 2.65. The molecule has 6 atom stereocenters. The van der Waals surface area contributed by atoms with Crippen molar-refractivity contribution in [2.75, 3.05) is 0 Å². The molecule has 3 fully saturated rings. The van der Waals surface area contributed by atoms with Crippen LogP contribution in [0.4, 0.5) is 0 Å². The van der Waals surface area contributed by atoms with Gasteiger partial charge in [-0.25, -0.2) is 0 Å². The molecule has 0 saturated carbocycles. The van der Waals surface area contributed by atoms with Crippen molar-refractivity contribution in [3.8, 4) is 11.5 Å². The Hall–Kier alpha value is -1.75. The number of fused-ring (bicyclic) bond motifs is 4. The average Bonchev–Trinajstić information content (AvgIpc) is 3.10. The minimum atomic E-state index is -1.71. The van der Waals surface area contributed by atoms with E-state index in [2.05, 4.69) is 0 Å². The summed E-state index contributed by atoms with van der Waals surface area (Å²) >= 11 is 0. The van der Waals surface area contributed by atoms with Gasteiger partial charge >= 0.3 is 0 Å². The molecular weight excluding hydrogens is 396 g/mol. The summed E-state index contributed by atoms with van der Waals surface area (Å²) in [5.41, 5.74) is -1.50. The Labute approximate surface area is 173 Å². The molecule has 1 aromatic carbocycles. The molecule has 1 aliphatic carbocycles. The number of hydrogen-bond acceptors (Lipinski definition) is 9. The van der Waals surface area contributed by atoms with E-state index in [1.807, 2.05) is 0 Å². The molecule has 0 spiro atoms. The number of rotatable bonds is 1. The van der Waals surface area contributed by atoms with Gasteiger partial charge < -0.3 is 39.0 Å². The van der Waals surface area contributed by atoms with Gasteiger partial charge in [0.25, 0.3) is 0 Å². The summed E-state index contributed by atoms with van der Waals surface area (Å²) in [7, 11) is 0. The number of carbonyl (C=O) groups is 1. The first-order valence-electron chi connectivity index (χ1n) is 10.1. The predicted octanol–water partition coefficient (Wildman–Crippen LogP) is 1.35. The number of phenols is 2. The largest absolute Gasteiger partial charge is 0.508 e. The van der Waals surface area contributed by atoms with Crippen LogP contribution in [0, 0.1) is 0 Å². The normalized spacial score (nSPS) is 41.2. The molecule has 9 heteroatoms. The van der Waals surface area contributed by atoms with Crippen LogP contribution in [0.25, 0.3) is 0 Å². The molecule has 0 aromatic heterocycles. The third-order valence-corrected chi connectivity index (χ3v) is 6.18. The molecule has 3 aliphatic heterocycles. The van der Waals surface area contributed by atoms with Gasteiger partial charge in [-0.05, 0) is 39.8 Å². The van der Waals surface area contributed by atoms with E-state index in [0.717, 1.165) is 0 Å². The molecule has 3 heterocycles. The minimum Gasteiger partial charge on any atom is -0.508 e. The average molecular weight is 422 g/mol. The lowest BCUT2D eigenvalue weighted by atomic mass is 9.73. The van der Waals surface area contributed by atoms with Crippen LogP contribution in [0.1, 0.15) is 50.0 Å². The Balaban J connectivity index is 1.54. The van der Waals surface area contributed by atoms with Crippen molar-refractivity contribution < 1.29 is 43.8 Å². The molecule has 164 valence electrons. The van der Waals surface area contributed by atoms with Crippen molar-refractivity contribution in [1.82, 2.24) is 0 Å². The van der Waals surface area contributed by atoms with Gasteiger partial charge in [0.2, 0.25) is 0 Å². The highest BCUT2D eigenvalue weighted by Crippen LogP contribution is 2.49. The summed E-state index contributed by atoms with van der Waals surface area (Å²) in [5.74, 6) is -2.75. The Kier molecular flexibility index (Phi) is 4.14. The van der Waals surface area contributed by atoms with E-state index in [4.69, 9.17) is 23.7 Å². The Morgan fingerprint density at radius 3 is 2.20 bits per heavy atom. The number of carbonyl (C=O) groups excluding carboxylic acids is 1. The molecule has 30 heavy (non-hydrogen) atoms. The lowest BCUT2D eigenvalue weighted by Gasteiger charge is -2.46. The monoisotopic (exact) mass is 422 g/mol. The van der Waals surface area contributed by atoms with Crippen molar-refractivity contribution in [3.05, 3.63) is 23.3 Å². The summed E-state index contributed by atoms with van der Waals surface area (Å²) in [6.45, 7) is 7.03. The van der Waals surface area contributed by atoms with Crippen molar-refractivity contribution in [2.45, 2.75) is 88.4 Å². The first-order chi connectivity index (χ1) is 13.9. The second kappa shape index (κ2) is 6.15. The number of hydrogen-bond donors (Lipinski definition) is 3. The highest BCUT2D eigenvalue weighted by atomic mass is 16.9. The SMILES string of the molecule is CC1(C)O[C@H]2OC(C3(O)CC(=O)c4c(O)ccc(O)c4C3)[C@@H]3OC(C)(C)O[C@@H]3[C@H]2O1. The van der Waals surface area contributed by atoms with Gasteiger partial charge in [0.1, 0.15) is 41.5 Å². The summed E-state index contributed by atoms with van der Waals surface area (Å²) in [6.07, 6.45) is -4.08. The van der Waals surface area contributed by atoms with E-state index in [0.29, 0.717) is 0 Å². The number of aromatic hydroxyl groups is 2. The topological polar surface area (TPSA) is 124 Å². The lowest BCUT2D eigenvalue weighted by Crippen LogP contribution is -2.64. The second-order valence-electron chi connectivity index (χ2n) is 9.43. The van der Waals surface area contributed by atoms with Crippen LogP contribution in [0.3, 0.4) is 0 Å². The van der Waals surface area contributed by atoms with E-state index >= 15 is 0 Å². The second-order valence-corrected chi connectivity index (χ2v) is 9.43. The van der Waals surface area contributed by atoms with Gasteiger partial charge in [-0.15, -0.1) is 0 Å². The summed E-state index contributed by atoms with van der Waals surface area (Å²) < 4.78 is 30.1. The molecule has 0 amide bonds. The molecule has 4 aliphatic rings. The maximum absolute atomic E-state index is 12.9. The van der Waals surface area contributed by atoms with Crippen LogP contribution in [-0.2, 0) is 30.1 Å². The molecule has 2 unspecified atom stereocenters. The van der Waals surface area contributed by atoms with Crippen LogP contribution in [-0.4, -0.2) is 69.0 Å². The van der Waals surface area contributed by atoms with Crippen molar-refractivity contribution >= 4 is 5.78 Å². The minimum absolute atomic E-state index is 0.0235. The van der Waals surface area contributed by atoms with Crippen LogP contribution in [0.5, 0.6) is 11.5 Å². The third kappa shape index (κ3) is 2.96. The van der Waals surface area contributed by atoms with Gasteiger partial charge in [0.15, 0.2) is 23.6 Å². The number of benzene rings is 1. The fraction of sp³-hybridized carbons (Fsp3) is 0.667. The number of aliphatic hydroxyl groups is 1. The number of Topliss-reactive ketones (excluding diaryl/α,β-unsaturated/α-hetero) is 1.